The molecule has 18 heavy (non-hydrogen) atoms. The van der Waals surface area contributed by atoms with Gasteiger partial charge in [-0.15, -0.1) is 0 Å². The Bertz CT molecular complexity index is 409. The lowest BCUT2D eigenvalue weighted by Gasteiger charge is -2.21. The molecule has 0 saturated heterocycles. The Morgan fingerprint density at radius 2 is 1.94 bits per heavy atom. The van der Waals surface area contributed by atoms with Crippen LogP contribution in [0.15, 0.2) is 36.4 Å². The van der Waals surface area contributed by atoms with Crippen molar-refractivity contribution in [1.29, 1.82) is 0 Å². The molecule has 0 fully saturated rings. The third-order valence-electron chi connectivity index (χ3n) is 2.66. The summed E-state index contributed by atoms with van der Waals surface area (Å²) in [5.41, 5.74) is 3.48. The zero-order valence-corrected chi connectivity index (χ0v) is 11.1. The Kier molecular flexibility index (Phi) is 5.59. The highest BCUT2D eigenvalue weighted by Crippen LogP contribution is 2.09. The number of nitrogens with zero attached hydrogens (tertiary/aromatic N) is 1. The highest BCUT2D eigenvalue weighted by atomic mass is 16.4. The summed E-state index contributed by atoms with van der Waals surface area (Å²) < 4.78 is 0. The summed E-state index contributed by atoms with van der Waals surface area (Å²) in [7, 11) is 0. The highest BCUT2D eigenvalue weighted by molar-refractivity contribution is 5.66. The number of carboxylic acids is 1. The fraction of sp³-hybridized carbons (Fsp3) is 0.400. The number of aliphatic carboxylic acids is 1. The standard InChI is InChI=1S/C15H21NO2/c1-12(2)10-16(9-8-15(17)18)11-14-6-4-13(3)5-7-14/h4-7H,1,8-11H2,2-3H3,(H,17,18). The zero-order chi connectivity index (χ0) is 13.5. The fourth-order valence-electron chi connectivity index (χ4n) is 1.80. The maximum absolute atomic E-state index is 10.6. The maximum atomic E-state index is 10.6. The SMILES string of the molecule is C=C(C)CN(CCC(=O)O)Cc1ccc(C)cc1. The maximum Gasteiger partial charge on any atom is 0.304 e. The van der Waals surface area contributed by atoms with Crippen LogP contribution in [0.25, 0.3) is 0 Å². The third-order valence-corrected chi connectivity index (χ3v) is 2.66. The van der Waals surface area contributed by atoms with Gasteiger partial charge in [0.05, 0.1) is 6.42 Å². The summed E-state index contributed by atoms with van der Waals surface area (Å²) in [5, 5.41) is 8.75. The third kappa shape index (κ3) is 5.64. The van der Waals surface area contributed by atoms with Crippen molar-refractivity contribution in [1.82, 2.24) is 4.90 Å². The van der Waals surface area contributed by atoms with Gasteiger partial charge in [0.2, 0.25) is 0 Å². The zero-order valence-electron chi connectivity index (χ0n) is 11.1. The minimum atomic E-state index is -0.759. The topological polar surface area (TPSA) is 40.5 Å². The second-order valence-corrected chi connectivity index (χ2v) is 4.80. The first-order valence-electron chi connectivity index (χ1n) is 6.11. The average Bonchev–Trinajstić information content (AvgIpc) is 2.28. The van der Waals surface area contributed by atoms with E-state index in [1.165, 1.54) is 11.1 Å². The van der Waals surface area contributed by atoms with Crippen LogP contribution in [-0.4, -0.2) is 29.1 Å². The summed E-state index contributed by atoms with van der Waals surface area (Å²) >= 11 is 0. The number of rotatable bonds is 7. The first-order valence-corrected chi connectivity index (χ1v) is 6.11. The van der Waals surface area contributed by atoms with Crippen LogP contribution < -0.4 is 0 Å². The fourth-order valence-corrected chi connectivity index (χ4v) is 1.80. The van der Waals surface area contributed by atoms with Crippen LogP contribution in [0.4, 0.5) is 0 Å². The van der Waals surface area contributed by atoms with Gasteiger partial charge in [-0.1, -0.05) is 42.0 Å². The minimum absolute atomic E-state index is 0.166. The van der Waals surface area contributed by atoms with E-state index in [0.717, 1.165) is 18.7 Å². The lowest BCUT2D eigenvalue weighted by atomic mass is 10.1. The molecule has 98 valence electrons. The number of benzene rings is 1. The van der Waals surface area contributed by atoms with Crippen molar-refractivity contribution in [2.75, 3.05) is 13.1 Å². The van der Waals surface area contributed by atoms with Crippen LogP contribution >= 0.6 is 0 Å². The van der Waals surface area contributed by atoms with E-state index >= 15 is 0 Å². The lowest BCUT2D eigenvalue weighted by molar-refractivity contribution is -0.137. The first kappa shape index (κ1) is 14.5. The van der Waals surface area contributed by atoms with E-state index in [-0.39, 0.29) is 6.42 Å². The van der Waals surface area contributed by atoms with Crippen LogP contribution in [-0.2, 0) is 11.3 Å². The smallest absolute Gasteiger partial charge is 0.304 e. The summed E-state index contributed by atoms with van der Waals surface area (Å²) in [5.74, 6) is -0.759. The molecule has 3 nitrogen and oxygen atoms in total. The Hall–Kier alpha value is -1.61. The van der Waals surface area contributed by atoms with E-state index in [1.54, 1.807) is 0 Å². The molecule has 1 N–H and O–H groups in total. The molecule has 0 bridgehead atoms. The molecular formula is C15H21NO2. The number of carboxylic acid groups (broad SMARTS) is 1. The molecule has 3 heteroatoms. The van der Waals surface area contributed by atoms with Gasteiger partial charge in [-0.25, -0.2) is 0 Å². The van der Waals surface area contributed by atoms with Crippen molar-refractivity contribution in [2.45, 2.75) is 26.8 Å². The summed E-state index contributed by atoms with van der Waals surface area (Å²) in [4.78, 5) is 12.7. The van der Waals surface area contributed by atoms with E-state index in [2.05, 4.69) is 42.7 Å². The van der Waals surface area contributed by atoms with Crippen LogP contribution in [0.3, 0.4) is 0 Å². The molecule has 0 aromatic heterocycles. The number of hydrogen-bond donors (Lipinski definition) is 1. The minimum Gasteiger partial charge on any atom is -0.481 e. The predicted octanol–water partition coefficient (Wildman–Crippen LogP) is 2.85. The molecule has 0 saturated carbocycles. The van der Waals surface area contributed by atoms with Gasteiger partial charge in [0.25, 0.3) is 0 Å². The predicted molar refractivity (Wildman–Crippen MR) is 73.5 cm³/mol. The van der Waals surface area contributed by atoms with E-state index in [4.69, 9.17) is 5.11 Å². The molecule has 0 atom stereocenters. The summed E-state index contributed by atoms with van der Waals surface area (Å²) in [6, 6.07) is 8.32. The van der Waals surface area contributed by atoms with E-state index in [9.17, 15) is 4.79 Å². The monoisotopic (exact) mass is 247 g/mol. The quantitative estimate of drug-likeness (QED) is 0.753. The lowest BCUT2D eigenvalue weighted by Crippen LogP contribution is -2.27. The van der Waals surface area contributed by atoms with Crippen molar-refractivity contribution >= 4 is 5.97 Å². The van der Waals surface area contributed by atoms with E-state index in [0.29, 0.717) is 6.54 Å². The van der Waals surface area contributed by atoms with Gasteiger partial charge < -0.3 is 5.11 Å². The molecule has 0 amide bonds. The molecule has 0 aliphatic carbocycles. The van der Waals surface area contributed by atoms with Crippen LogP contribution in [0.1, 0.15) is 24.5 Å². The van der Waals surface area contributed by atoms with Crippen molar-refractivity contribution in [3.8, 4) is 0 Å². The number of hydrogen-bond acceptors (Lipinski definition) is 2. The van der Waals surface area contributed by atoms with Gasteiger partial charge in [-0.3, -0.25) is 9.69 Å². The van der Waals surface area contributed by atoms with Gasteiger partial charge in [-0.2, -0.15) is 0 Å². The molecule has 0 unspecified atom stereocenters. The summed E-state index contributed by atoms with van der Waals surface area (Å²) in [6.07, 6.45) is 0.166. The van der Waals surface area contributed by atoms with Gasteiger partial charge >= 0.3 is 5.97 Å². The Morgan fingerprint density at radius 1 is 1.33 bits per heavy atom. The molecule has 0 heterocycles. The van der Waals surface area contributed by atoms with Crippen molar-refractivity contribution in [3.63, 3.8) is 0 Å². The van der Waals surface area contributed by atoms with Crippen molar-refractivity contribution < 1.29 is 9.90 Å². The normalized spacial score (nSPS) is 10.6. The molecule has 1 rings (SSSR count). The second kappa shape index (κ2) is 6.97. The largest absolute Gasteiger partial charge is 0.481 e. The molecule has 0 aliphatic rings. The first-order chi connectivity index (χ1) is 8.47. The Labute approximate surface area is 109 Å². The van der Waals surface area contributed by atoms with Gasteiger partial charge in [0.1, 0.15) is 0 Å². The van der Waals surface area contributed by atoms with Crippen LogP contribution in [0.2, 0.25) is 0 Å². The number of carbonyl (C=O) groups is 1. The number of aryl methyl sites for hydroxylation is 1. The van der Waals surface area contributed by atoms with Gasteiger partial charge in [0.15, 0.2) is 0 Å². The average molecular weight is 247 g/mol. The Morgan fingerprint density at radius 3 is 2.44 bits per heavy atom. The van der Waals surface area contributed by atoms with E-state index < -0.39 is 5.97 Å². The van der Waals surface area contributed by atoms with E-state index in [1.807, 2.05) is 6.92 Å². The molecular weight excluding hydrogens is 226 g/mol. The molecule has 0 radical (unpaired) electrons. The molecule has 0 aliphatic heterocycles. The molecule has 0 spiro atoms. The second-order valence-electron chi connectivity index (χ2n) is 4.80. The van der Waals surface area contributed by atoms with Crippen molar-refractivity contribution in [2.24, 2.45) is 0 Å². The molecule has 1 aromatic carbocycles. The molecule has 1 aromatic rings. The van der Waals surface area contributed by atoms with Crippen LogP contribution in [0, 0.1) is 6.92 Å². The summed E-state index contributed by atoms with van der Waals surface area (Å²) in [6.45, 7) is 9.96. The van der Waals surface area contributed by atoms with Crippen molar-refractivity contribution in [3.05, 3.63) is 47.5 Å². The van der Waals surface area contributed by atoms with Crippen LogP contribution in [0.5, 0.6) is 0 Å². The van der Waals surface area contributed by atoms with Gasteiger partial charge in [0, 0.05) is 19.6 Å². The Balaban J connectivity index is 2.61. The highest BCUT2D eigenvalue weighted by Gasteiger charge is 2.08. The van der Waals surface area contributed by atoms with Gasteiger partial charge in [-0.05, 0) is 19.4 Å².